The summed E-state index contributed by atoms with van der Waals surface area (Å²) in [6, 6.07) is 0. The van der Waals surface area contributed by atoms with Crippen LogP contribution < -0.4 is 4.90 Å². The van der Waals surface area contributed by atoms with Crippen LogP contribution in [0.3, 0.4) is 0 Å². The van der Waals surface area contributed by atoms with Crippen molar-refractivity contribution in [3.8, 4) is 0 Å². The van der Waals surface area contributed by atoms with E-state index in [4.69, 9.17) is 0 Å². The molecule has 0 aromatic carbocycles. The molecule has 0 unspecified atom stereocenters. The number of rotatable bonds is 4. The van der Waals surface area contributed by atoms with Gasteiger partial charge in [-0.3, -0.25) is 4.90 Å². The molecule has 0 radical (unpaired) electrons. The molecule has 5 nitrogen and oxygen atoms in total. The molecule has 1 aliphatic rings. The lowest BCUT2D eigenvalue weighted by Gasteiger charge is -2.37. The lowest BCUT2D eigenvalue weighted by molar-refractivity contribution is 0.0344. The Morgan fingerprint density at radius 2 is 1.90 bits per heavy atom. The first-order valence-corrected chi connectivity index (χ1v) is 7.10. The molecule has 1 aliphatic heterocycles. The first-order valence-electron chi connectivity index (χ1n) is 7.10. The van der Waals surface area contributed by atoms with E-state index in [1.807, 2.05) is 11.8 Å². The van der Waals surface area contributed by atoms with Crippen molar-refractivity contribution < 1.29 is 9.50 Å². The highest BCUT2D eigenvalue weighted by Crippen LogP contribution is 2.20. The summed E-state index contributed by atoms with van der Waals surface area (Å²) in [5.74, 6) is 0.102. The molecule has 6 heteroatoms. The minimum absolute atomic E-state index is 0.300. The van der Waals surface area contributed by atoms with E-state index in [9.17, 15) is 9.50 Å². The van der Waals surface area contributed by atoms with Crippen molar-refractivity contribution in [2.45, 2.75) is 32.8 Å². The van der Waals surface area contributed by atoms with E-state index < -0.39 is 5.60 Å². The summed E-state index contributed by atoms with van der Waals surface area (Å²) in [7, 11) is 0. The number of aliphatic hydroxyl groups is 1. The van der Waals surface area contributed by atoms with E-state index in [0.717, 1.165) is 13.1 Å². The Balaban J connectivity index is 2.01. The fourth-order valence-corrected chi connectivity index (χ4v) is 2.53. The average molecular weight is 282 g/mol. The average Bonchev–Trinajstić information content (AvgIpc) is 2.38. The number of aryl methyl sites for hydroxylation is 1. The second-order valence-electron chi connectivity index (χ2n) is 5.89. The van der Waals surface area contributed by atoms with Crippen LogP contribution in [0, 0.1) is 5.82 Å². The summed E-state index contributed by atoms with van der Waals surface area (Å²) in [5, 5.41) is 9.83. The zero-order valence-electron chi connectivity index (χ0n) is 12.4. The van der Waals surface area contributed by atoms with Crippen LogP contribution in [0.1, 0.15) is 26.5 Å². The van der Waals surface area contributed by atoms with Gasteiger partial charge in [-0.2, -0.15) is 0 Å². The molecule has 1 N–H and O–H groups in total. The van der Waals surface area contributed by atoms with Crippen molar-refractivity contribution in [1.29, 1.82) is 0 Å². The minimum atomic E-state index is -0.697. The molecule has 0 bridgehead atoms. The smallest absolute Gasteiger partial charge is 0.187 e. The van der Waals surface area contributed by atoms with Crippen LogP contribution in [0.25, 0.3) is 0 Å². The molecular weight excluding hydrogens is 259 g/mol. The molecule has 0 spiro atoms. The molecule has 0 saturated carbocycles. The maximum absolute atomic E-state index is 14.2. The number of piperazine rings is 1. The third kappa shape index (κ3) is 3.64. The molecule has 1 aromatic rings. The maximum Gasteiger partial charge on any atom is 0.187 e. The number of halogens is 1. The highest BCUT2D eigenvalue weighted by molar-refractivity contribution is 5.41. The Bertz CT molecular complexity index is 453. The van der Waals surface area contributed by atoms with Crippen LogP contribution in [0.4, 0.5) is 10.2 Å². The summed E-state index contributed by atoms with van der Waals surface area (Å²) >= 11 is 0. The first-order chi connectivity index (χ1) is 9.40. The van der Waals surface area contributed by atoms with Crippen LogP contribution in [-0.2, 0) is 6.42 Å². The summed E-state index contributed by atoms with van der Waals surface area (Å²) in [6.45, 7) is 9.15. The highest BCUT2D eigenvalue weighted by atomic mass is 19.1. The van der Waals surface area contributed by atoms with Gasteiger partial charge in [0.05, 0.1) is 11.3 Å². The predicted octanol–water partition coefficient (Wildman–Crippen LogP) is 1.07. The van der Waals surface area contributed by atoms with Crippen LogP contribution in [0.15, 0.2) is 6.33 Å². The van der Waals surface area contributed by atoms with Crippen LogP contribution >= 0.6 is 0 Å². The Labute approximate surface area is 119 Å². The van der Waals surface area contributed by atoms with Gasteiger partial charge >= 0.3 is 0 Å². The zero-order valence-corrected chi connectivity index (χ0v) is 12.4. The van der Waals surface area contributed by atoms with E-state index in [-0.39, 0.29) is 5.82 Å². The van der Waals surface area contributed by atoms with E-state index in [1.54, 1.807) is 13.8 Å². The summed E-state index contributed by atoms with van der Waals surface area (Å²) in [4.78, 5) is 12.2. The van der Waals surface area contributed by atoms with E-state index in [1.165, 1.54) is 6.33 Å². The van der Waals surface area contributed by atoms with E-state index in [2.05, 4.69) is 14.9 Å². The van der Waals surface area contributed by atoms with Gasteiger partial charge < -0.3 is 10.0 Å². The monoisotopic (exact) mass is 282 g/mol. The SMILES string of the molecule is CCc1ncnc(N2CCN(CC(C)(C)O)CC2)c1F. The summed E-state index contributed by atoms with van der Waals surface area (Å²) < 4.78 is 14.2. The van der Waals surface area contributed by atoms with E-state index >= 15 is 0 Å². The Kier molecular flexibility index (Phi) is 4.55. The molecule has 0 aliphatic carbocycles. The molecule has 2 heterocycles. The van der Waals surface area contributed by atoms with Crippen molar-refractivity contribution in [3.63, 3.8) is 0 Å². The molecule has 1 aromatic heterocycles. The highest BCUT2D eigenvalue weighted by Gasteiger charge is 2.25. The predicted molar refractivity (Wildman–Crippen MR) is 76.3 cm³/mol. The molecular formula is C14H23FN4O. The first kappa shape index (κ1) is 15.1. The lowest BCUT2D eigenvalue weighted by Crippen LogP contribution is -2.51. The fourth-order valence-electron chi connectivity index (χ4n) is 2.53. The van der Waals surface area contributed by atoms with E-state index in [0.29, 0.717) is 37.6 Å². The van der Waals surface area contributed by atoms with Crippen molar-refractivity contribution >= 4 is 5.82 Å². The van der Waals surface area contributed by atoms with Gasteiger partial charge in [0.1, 0.15) is 6.33 Å². The van der Waals surface area contributed by atoms with Crippen molar-refractivity contribution in [1.82, 2.24) is 14.9 Å². The quantitative estimate of drug-likeness (QED) is 0.895. The molecule has 1 fully saturated rings. The number of hydrogen-bond donors (Lipinski definition) is 1. The van der Waals surface area contributed by atoms with Crippen LogP contribution in [-0.4, -0.2) is 58.3 Å². The van der Waals surface area contributed by atoms with Crippen LogP contribution in [0.5, 0.6) is 0 Å². The van der Waals surface area contributed by atoms with Crippen LogP contribution in [0.2, 0.25) is 0 Å². The maximum atomic E-state index is 14.2. The van der Waals surface area contributed by atoms with Crippen molar-refractivity contribution in [3.05, 3.63) is 17.8 Å². The second kappa shape index (κ2) is 6.01. The number of hydrogen-bond acceptors (Lipinski definition) is 5. The van der Waals surface area contributed by atoms with Gasteiger partial charge in [-0.15, -0.1) is 0 Å². The second-order valence-corrected chi connectivity index (χ2v) is 5.89. The van der Waals surface area contributed by atoms with Gasteiger partial charge in [0, 0.05) is 32.7 Å². The van der Waals surface area contributed by atoms with Gasteiger partial charge in [0.15, 0.2) is 11.6 Å². The standard InChI is InChI=1S/C14H23FN4O/c1-4-11-12(15)13(17-10-16-11)19-7-5-18(6-8-19)9-14(2,3)20/h10,20H,4-9H2,1-3H3. The summed E-state index contributed by atoms with van der Waals surface area (Å²) in [6.07, 6.45) is 2.00. The third-order valence-electron chi connectivity index (χ3n) is 3.46. The molecule has 2 rings (SSSR count). The normalized spacial score (nSPS) is 17.6. The molecule has 0 atom stereocenters. The summed E-state index contributed by atoms with van der Waals surface area (Å²) in [5.41, 5.74) is -0.230. The Hall–Kier alpha value is -1.27. The van der Waals surface area contributed by atoms with Crippen molar-refractivity contribution in [2.75, 3.05) is 37.6 Å². The molecule has 112 valence electrons. The fraction of sp³-hybridized carbons (Fsp3) is 0.714. The zero-order chi connectivity index (χ0) is 14.8. The van der Waals surface area contributed by atoms with Gasteiger partial charge in [-0.25, -0.2) is 14.4 Å². The number of aromatic nitrogens is 2. The van der Waals surface area contributed by atoms with Gasteiger partial charge in [0.25, 0.3) is 0 Å². The topological polar surface area (TPSA) is 52.5 Å². The number of β-amino-alcohol motifs (C(OH)–C–C–N with tert-alkyl or cyclic N) is 1. The number of nitrogens with zero attached hydrogens (tertiary/aromatic N) is 4. The largest absolute Gasteiger partial charge is 0.389 e. The molecule has 20 heavy (non-hydrogen) atoms. The van der Waals surface area contributed by atoms with Gasteiger partial charge in [0.2, 0.25) is 0 Å². The minimum Gasteiger partial charge on any atom is -0.389 e. The van der Waals surface area contributed by atoms with Gasteiger partial charge in [-0.05, 0) is 20.3 Å². The van der Waals surface area contributed by atoms with Gasteiger partial charge in [-0.1, -0.05) is 6.92 Å². The molecule has 1 saturated heterocycles. The Morgan fingerprint density at radius 1 is 1.25 bits per heavy atom. The number of anilines is 1. The third-order valence-corrected chi connectivity index (χ3v) is 3.46. The van der Waals surface area contributed by atoms with Crippen molar-refractivity contribution in [2.24, 2.45) is 0 Å². The Morgan fingerprint density at radius 3 is 2.45 bits per heavy atom. The molecule has 0 amide bonds. The lowest BCUT2D eigenvalue weighted by atomic mass is 10.1.